The molecule has 0 heterocycles. The van der Waals surface area contributed by atoms with Crippen LogP contribution < -0.4 is 0 Å². The second kappa shape index (κ2) is 11.6. The SMILES string of the molecule is c1ccc(-c2cc3ccc(-c4c5ccccc5cc5c4ccc4ccccc45)cc3c3c2-c2ccccc2C3(c2ccccc2)c2ccccc2)cc1. The van der Waals surface area contributed by atoms with Gasteiger partial charge in [0.05, 0.1) is 5.41 Å². The fourth-order valence-electron chi connectivity index (χ4n) is 9.50. The molecule has 0 bridgehead atoms. The van der Waals surface area contributed by atoms with Crippen molar-refractivity contribution in [2.45, 2.75) is 5.41 Å². The quantitative estimate of drug-likeness (QED) is 0.129. The highest BCUT2D eigenvalue weighted by Crippen LogP contribution is 2.60. The molecule has 0 nitrogen and oxygen atoms in total. The van der Waals surface area contributed by atoms with Crippen molar-refractivity contribution in [3.63, 3.8) is 0 Å². The molecule has 1 aliphatic rings. The number of benzene rings is 10. The summed E-state index contributed by atoms with van der Waals surface area (Å²) in [5.41, 5.74) is 12.3. The molecule has 0 N–H and O–H groups in total. The molecule has 0 saturated carbocycles. The summed E-state index contributed by atoms with van der Waals surface area (Å²) in [4.78, 5) is 0. The van der Waals surface area contributed by atoms with Crippen LogP contribution in [-0.4, -0.2) is 0 Å². The van der Waals surface area contributed by atoms with Crippen LogP contribution in [0.3, 0.4) is 0 Å². The van der Waals surface area contributed by atoms with Gasteiger partial charge >= 0.3 is 0 Å². The van der Waals surface area contributed by atoms with Crippen LogP contribution in [0, 0.1) is 0 Å². The van der Waals surface area contributed by atoms with Crippen molar-refractivity contribution < 1.29 is 0 Å². The lowest BCUT2D eigenvalue weighted by molar-refractivity contribution is 0.775. The minimum absolute atomic E-state index is 0.535. The lowest BCUT2D eigenvalue weighted by Crippen LogP contribution is -2.28. The van der Waals surface area contributed by atoms with Gasteiger partial charge < -0.3 is 0 Å². The summed E-state index contributed by atoms with van der Waals surface area (Å²) in [7, 11) is 0. The maximum Gasteiger partial charge on any atom is 0.0719 e. The minimum Gasteiger partial charge on any atom is -0.0622 e. The van der Waals surface area contributed by atoms with E-state index < -0.39 is 5.41 Å². The van der Waals surface area contributed by atoms with Gasteiger partial charge in [0, 0.05) is 0 Å². The van der Waals surface area contributed by atoms with E-state index in [2.05, 4.69) is 206 Å². The number of hydrogen-bond acceptors (Lipinski definition) is 0. The molecule has 10 aromatic rings. The van der Waals surface area contributed by atoms with Crippen LogP contribution in [-0.2, 0) is 5.41 Å². The van der Waals surface area contributed by atoms with E-state index in [-0.39, 0.29) is 0 Å². The number of rotatable bonds is 4. The molecule has 0 aliphatic heterocycles. The van der Waals surface area contributed by atoms with E-state index in [1.807, 2.05) is 0 Å². The summed E-state index contributed by atoms with van der Waals surface area (Å²) >= 11 is 0. The third-order valence-corrected chi connectivity index (χ3v) is 11.7. The van der Waals surface area contributed by atoms with Crippen molar-refractivity contribution in [1.82, 2.24) is 0 Å². The third kappa shape index (κ3) is 4.30. The summed E-state index contributed by atoms with van der Waals surface area (Å²) in [6.45, 7) is 0. The Kier molecular flexibility index (Phi) is 6.57. The molecular formula is C53H34. The normalized spacial score (nSPS) is 13.1. The Hall–Kier alpha value is -6.76. The Balaban J connectivity index is 1.33. The summed E-state index contributed by atoms with van der Waals surface area (Å²) in [5.74, 6) is 0. The van der Waals surface area contributed by atoms with E-state index in [9.17, 15) is 0 Å². The molecule has 0 unspecified atom stereocenters. The van der Waals surface area contributed by atoms with Gasteiger partial charge in [-0.2, -0.15) is 0 Å². The average Bonchev–Trinajstić information content (AvgIpc) is 3.55. The van der Waals surface area contributed by atoms with Crippen molar-refractivity contribution >= 4 is 43.1 Å². The molecule has 0 saturated heterocycles. The predicted octanol–water partition coefficient (Wildman–Crippen LogP) is 14.0. The Labute approximate surface area is 309 Å². The summed E-state index contributed by atoms with van der Waals surface area (Å²) in [6, 6.07) is 76.8. The Morgan fingerprint density at radius 2 is 0.868 bits per heavy atom. The van der Waals surface area contributed by atoms with Gasteiger partial charge in [-0.1, -0.05) is 188 Å². The molecule has 0 amide bonds. The van der Waals surface area contributed by atoms with E-state index >= 15 is 0 Å². The van der Waals surface area contributed by atoms with Gasteiger partial charge in [-0.3, -0.25) is 0 Å². The van der Waals surface area contributed by atoms with E-state index in [1.54, 1.807) is 0 Å². The maximum absolute atomic E-state index is 2.51. The van der Waals surface area contributed by atoms with Crippen molar-refractivity contribution in [3.05, 3.63) is 229 Å². The van der Waals surface area contributed by atoms with E-state index in [0.29, 0.717) is 0 Å². The summed E-state index contributed by atoms with van der Waals surface area (Å²) in [5, 5.41) is 10.2. The van der Waals surface area contributed by atoms with Gasteiger partial charge in [0.15, 0.2) is 0 Å². The van der Waals surface area contributed by atoms with Crippen molar-refractivity contribution in [1.29, 1.82) is 0 Å². The van der Waals surface area contributed by atoms with Crippen LogP contribution in [0.4, 0.5) is 0 Å². The Morgan fingerprint density at radius 1 is 0.283 bits per heavy atom. The molecule has 0 atom stereocenters. The smallest absolute Gasteiger partial charge is 0.0622 e. The van der Waals surface area contributed by atoms with Crippen molar-refractivity contribution in [3.8, 4) is 33.4 Å². The van der Waals surface area contributed by atoms with Gasteiger partial charge in [-0.15, -0.1) is 0 Å². The first-order valence-electron chi connectivity index (χ1n) is 18.5. The van der Waals surface area contributed by atoms with E-state index in [4.69, 9.17) is 0 Å². The fraction of sp³-hybridized carbons (Fsp3) is 0.0189. The average molecular weight is 671 g/mol. The molecule has 0 aromatic heterocycles. The largest absolute Gasteiger partial charge is 0.0719 e. The summed E-state index contributed by atoms with van der Waals surface area (Å²) in [6.07, 6.45) is 0. The highest BCUT2D eigenvalue weighted by atomic mass is 14.5. The maximum atomic E-state index is 2.51. The molecule has 0 radical (unpaired) electrons. The predicted molar refractivity (Wildman–Crippen MR) is 225 cm³/mol. The van der Waals surface area contributed by atoms with Crippen LogP contribution >= 0.6 is 0 Å². The first-order chi connectivity index (χ1) is 26.3. The molecule has 0 fully saturated rings. The zero-order chi connectivity index (χ0) is 34.9. The molecule has 11 rings (SSSR count). The van der Waals surface area contributed by atoms with Crippen LogP contribution in [0.1, 0.15) is 22.3 Å². The molecule has 10 aromatic carbocycles. The molecule has 53 heavy (non-hydrogen) atoms. The molecule has 0 heteroatoms. The van der Waals surface area contributed by atoms with Gasteiger partial charge in [-0.05, 0) is 117 Å². The van der Waals surface area contributed by atoms with Crippen LogP contribution in [0.2, 0.25) is 0 Å². The third-order valence-electron chi connectivity index (χ3n) is 11.7. The van der Waals surface area contributed by atoms with Crippen molar-refractivity contribution in [2.75, 3.05) is 0 Å². The van der Waals surface area contributed by atoms with Gasteiger partial charge in [-0.25, -0.2) is 0 Å². The topological polar surface area (TPSA) is 0 Å². The first-order valence-corrected chi connectivity index (χ1v) is 18.5. The van der Waals surface area contributed by atoms with Crippen LogP contribution in [0.5, 0.6) is 0 Å². The number of hydrogen-bond donors (Lipinski definition) is 0. The van der Waals surface area contributed by atoms with Crippen LogP contribution in [0.15, 0.2) is 206 Å². The Bertz CT molecular complexity index is 2990. The minimum atomic E-state index is -0.535. The lowest BCUT2D eigenvalue weighted by Gasteiger charge is -2.35. The second-order valence-electron chi connectivity index (χ2n) is 14.4. The van der Waals surface area contributed by atoms with Crippen LogP contribution in [0.25, 0.3) is 76.5 Å². The zero-order valence-corrected chi connectivity index (χ0v) is 29.1. The highest BCUT2D eigenvalue weighted by molar-refractivity contribution is 6.21. The zero-order valence-electron chi connectivity index (χ0n) is 29.1. The molecule has 1 aliphatic carbocycles. The highest BCUT2D eigenvalue weighted by Gasteiger charge is 2.48. The molecule has 246 valence electrons. The summed E-state index contributed by atoms with van der Waals surface area (Å²) < 4.78 is 0. The lowest BCUT2D eigenvalue weighted by atomic mass is 9.66. The molecule has 0 spiro atoms. The first kappa shape index (κ1) is 29.9. The van der Waals surface area contributed by atoms with E-state index in [1.165, 1.54) is 98.7 Å². The monoisotopic (exact) mass is 670 g/mol. The molecular weight excluding hydrogens is 637 g/mol. The van der Waals surface area contributed by atoms with Gasteiger partial charge in [0.2, 0.25) is 0 Å². The fourth-order valence-corrected chi connectivity index (χ4v) is 9.50. The second-order valence-corrected chi connectivity index (χ2v) is 14.4. The van der Waals surface area contributed by atoms with E-state index in [0.717, 1.165) is 0 Å². The van der Waals surface area contributed by atoms with Crippen molar-refractivity contribution in [2.24, 2.45) is 0 Å². The Morgan fingerprint density at radius 3 is 1.62 bits per heavy atom. The van der Waals surface area contributed by atoms with Gasteiger partial charge in [0.1, 0.15) is 0 Å². The van der Waals surface area contributed by atoms with Gasteiger partial charge in [0.25, 0.3) is 0 Å². The standard InChI is InChI=1S/C53H34/c1-4-16-35(17-5-1)46-32-38-28-29-39(50-43-25-13-11-19-37(43)33-48-42-24-12-10-18-36(42)30-31-44(48)50)34-47(38)52-51(46)45-26-14-15-27-49(45)53(52,40-20-6-2-7-21-40)41-22-8-3-9-23-41/h1-34H. The number of fused-ring (bicyclic) bond motifs is 9.